The molecule has 0 bridgehead atoms. The van der Waals surface area contributed by atoms with Gasteiger partial charge in [0.2, 0.25) is 0 Å². The first kappa shape index (κ1) is 8.90. The maximum absolute atomic E-state index is 8.29. The zero-order chi connectivity index (χ0) is 5.82. The third-order valence-corrected chi connectivity index (χ3v) is 0.903. The van der Waals surface area contributed by atoms with E-state index in [2.05, 4.69) is 0 Å². The number of hydrogen-bond acceptors (Lipinski definition) is 1. The van der Waals surface area contributed by atoms with Gasteiger partial charge in [-0.15, -0.1) is 0 Å². The van der Waals surface area contributed by atoms with Crippen LogP contribution in [0.4, 0.5) is 0 Å². The van der Waals surface area contributed by atoms with Crippen molar-refractivity contribution in [2.24, 2.45) is 0 Å². The van der Waals surface area contributed by atoms with Crippen LogP contribution in [0, 0.1) is 11.3 Å². The summed E-state index contributed by atoms with van der Waals surface area (Å²) in [6, 6.07) is 7.54. The summed E-state index contributed by atoms with van der Waals surface area (Å²) in [5, 5.41) is 8.29. The molecule has 0 aromatic carbocycles. The molecule has 0 aliphatic heterocycles. The summed E-state index contributed by atoms with van der Waals surface area (Å²) in [7, 11) is 0. The fourth-order valence-electron chi connectivity index (χ4n) is 0.513. The Morgan fingerprint density at radius 2 is 2.22 bits per heavy atom. The molecule has 0 radical (unpaired) electrons. The van der Waals surface area contributed by atoms with E-state index in [1.165, 1.54) is 0 Å². The van der Waals surface area contributed by atoms with Gasteiger partial charge in [0, 0.05) is 0 Å². The first-order valence-electron chi connectivity index (χ1n) is 2.38. The van der Waals surface area contributed by atoms with Gasteiger partial charge in [-0.05, 0) is 0 Å². The second-order valence-electron chi connectivity index (χ2n) is 1.48. The first-order chi connectivity index (χ1) is 3.93. The third kappa shape index (κ3) is 2.81. The van der Waals surface area contributed by atoms with Crippen molar-refractivity contribution in [1.82, 2.24) is 0 Å². The van der Waals surface area contributed by atoms with Gasteiger partial charge in [0.25, 0.3) is 0 Å². The van der Waals surface area contributed by atoms with Crippen LogP contribution in [0.1, 0.15) is 5.46 Å². The molecule has 0 atom stereocenters. The van der Waals surface area contributed by atoms with Crippen LogP contribution in [0.25, 0.3) is 0 Å². The molecule has 1 heterocycles. The molecular weight excluding hydrogens is 120 g/mol. The minimum atomic E-state index is 0. The molecule has 1 aromatic heterocycles. The van der Waals surface area contributed by atoms with Crippen molar-refractivity contribution >= 4 is 36.5 Å². The van der Waals surface area contributed by atoms with Crippen molar-refractivity contribution in [3.63, 3.8) is 0 Å². The monoisotopic (exact) mass is 125 g/mol. The van der Waals surface area contributed by atoms with Crippen LogP contribution in [0.3, 0.4) is 0 Å². The van der Waals surface area contributed by atoms with Crippen molar-refractivity contribution in [2.45, 2.75) is 0 Å². The number of hydrogen-bond donors (Lipinski definition) is 0. The Kier molecular flexibility index (Phi) is 4.70. The maximum atomic E-state index is 8.29. The molecular formula is C6H5BNNa. The van der Waals surface area contributed by atoms with E-state index >= 15 is 0 Å². The molecule has 0 spiro atoms. The Balaban J connectivity index is 0.000000640. The minimum absolute atomic E-state index is 0. The molecule has 38 valence electrons. The van der Waals surface area contributed by atoms with Gasteiger partial charge in [0.1, 0.15) is 0 Å². The van der Waals surface area contributed by atoms with E-state index in [-0.39, 0.29) is 29.6 Å². The number of nitrogens with zero attached hydrogens (tertiary/aromatic N) is 1. The fraction of sp³-hybridized carbons (Fsp3) is 0. The van der Waals surface area contributed by atoms with Crippen molar-refractivity contribution < 1.29 is 0 Å². The van der Waals surface area contributed by atoms with E-state index in [4.69, 9.17) is 5.26 Å². The summed E-state index contributed by atoms with van der Waals surface area (Å²) in [6.45, 7) is 1.78. The van der Waals surface area contributed by atoms with Crippen LogP contribution in [0.5, 0.6) is 0 Å². The normalized spacial score (nSPS) is 6.56. The molecule has 1 aromatic rings. The van der Waals surface area contributed by atoms with Crippen LogP contribution in [0.15, 0.2) is 24.2 Å². The standard InChI is InChI=1S/C6H4BN.Na.H/c8-5-6-3-1-2-4-7-6;;/h1-4H;;. The quantitative estimate of drug-likeness (QED) is 0.456. The van der Waals surface area contributed by atoms with Gasteiger partial charge in [-0.3, -0.25) is 0 Å². The fourth-order valence-corrected chi connectivity index (χ4v) is 0.513. The molecule has 0 amide bonds. The molecule has 0 unspecified atom stereocenters. The molecule has 1 nitrogen and oxygen atoms in total. The van der Waals surface area contributed by atoms with Gasteiger partial charge in [-0.25, -0.2) is 0 Å². The van der Waals surface area contributed by atoms with E-state index in [0.717, 1.165) is 0 Å². The van der Waals surface area contributed by atoms with Gasteiger partial charge in [0.05, 0.1) is 0 Å². The van der Waals surface area contributed by atoms with Gasteiger partial charge < -0.3 is 0 Å². The molecule has 0 aliphatic carbocycles. The second-order valence-corrected chi connectivity index (χ2v) is 1.48. The SMILES string of the molecule is N#Cc1bcccc1.[NaH]. The van der Waals surface area contributed by atoms with Crippen LogP contribution in [-0.4, -0.2) is 36.5 Å². The average Bonchev–Trinajstić information content (AvgIpc) is 1.90. The summed E-state index contributed by atoms with van der Waals surface area (Å²) in [6.07, 6.45) is 0. The predicted molar refractivity (Wildman–Crippen MR) is 39.7 cm³/mol. The van der Waals surface area contributed by atoms with Crippen LogP contribution in [0.2, 0.25) is 0 Å². The molecule has 9 heavy (non-hydrogen) atoms. The van der Waals surface area contributed by atoms with Crippen molar-refractivity contribution in [1.29, 1.82) is 5.26 Å². The van der Waals surface area contributed by atoms with E-state index < -0.39 is 0 Å². The van der Waals surface area contributed by atoms with Crippen molar-refractivity contribution in [3.8, 4) is 6.07 Å². The van der Waals surface area contributed by atoms with E-state index in [1.54, 1.807) is 13.0 Å². The Morgan fingerprint density at radius 3 is 2.56 bits per heavy atom. The molecule has 0 fully saturated rings. The Morgan fingerprint density at radius 1 is 1.44 bits per heavy atom. The summed E-state index contributed by atoms with van der Waals surface area (Å²) < 4.78 is 0. The summed E-state index contributed by atoms with van der Waals surface area (Å²) in [5.41, 5.74) is 0.715. The van der Waals surface area contributed by atoms with Gasteiger partial charge in [-0.2, -0.15) is 0 Å². The first-order valence-corrected chi connectivity index (χ1v) is 2.38. The summed E-state index contributed by atoms with van der Waals surface area (Å²) in [4.78, 5) is 0. The molecule has 0 saturated heterocycles. The Bertz CT molecular complexity index is 204. The molecule has 0 aliphatic rings. The predicted octanol–water partition coefficient (Wildman–Crippen LogP) is 0.248. The summed E-state index contributed by atoms with van der Waals surface area (Å²) >= 11 is 0. The van der Waals surface area contributed by atoms with Gasteiger partial charge in [0.15, 0.2) is 0 Å². The zero-order valence-electron chi connectivity index (χ0n) is 4.33. The Labute approximate surface area is 77.2 Å². The van der Waals surface area contributed by atoms with E-state index in [9.17, 15) is 0 Å². The molecule has 0 saturated carbocycles. The van der Waals surface area contributed by atoms with Crippen LogP contribution >= 0.6 is 0 Å². The van der Waals surface area contributed by atoms with E-state index in [1.807, 2.05) is 24.2 Å². The second kappa shape index (κ2) is 4.75. The van der Waals surface area contributed by atoms with Crippen molar-refractivity contribution in [2.75, 3.05) is 0 Å². The van der Waals surface area contributed by atoms with Crippen LogP contribution in [-0.2, 0) is 0 Å². The van der Waals surface area contributed by atoms with Gasteiger partial charge in [-0.1, -0.05) is 0 Å². The topological polar surface area (TPSA) is 23.8 Å². The summed E-state index contributed by atoms with van der Waals surface area (Å²) in [5.74, 6) is 1.85. The average molecular weight is 125 g/mol. The number of nitriles is 1. The molecule has 3 heteroatoms. The van der Waals surface area contributed by atoms with Crippen LogP contribution < -0.4 is 0 Å². The van der Waals surface area contributed by atoms with Crippen molar-refractivity contribution in [3.05, 3.63) is 29.6 Å². The zero-order valence-corrected chi connectivity index (χ0v) is 4.33. The van der Waals surface area contributed by atoms with Gasteiger partial charge >= 0.3 is 77.4 Å². The third-order valence-electron chi connectivity index (χ3n) is 0.903. The Hall–Kier alpha value is -0.0951. The van der Waals surface area contributed by atoms with E-state index in [0.29, 0.717) is 5.46 Å². The molecule has 0 N–H and O–H groups in total. The number of rotatable bonds is 0. The molecule has 1 rings (SSSR count).